The number of ether oxygens (including phenoxy) is 1. The van der Waals surface area contributed by atoms with Gasteiger partial charge in [0.05, 0.1) is 25.4 Å². The molecule has 2 atom stereocenters. The molecule has 0 radical (unpaired) electrons. The predicted octanol–water partition coefficient (Wildman–Crippen LogP) is 16.5. The highest BCUT2D eigenvalue weighted by Gasteiger charge is 2.18. The molecular formula is C56H105NO5. The molecule has 364 valence electrons. The molecule has 0 aromatic rings. The van der Waals surface area contributed by atoms with E-state index < -0.39 is 12.1 Å². The number of hydrogen-bond donors (Lipinski definition) is 3. The van der Waals surface area contributed by atoms with Crippen LogP contribution in [0.3, 0.4) is 0 Å². The van der Waals surface area contributed by atoms with E-state index in [9.17, 15) is 19.8 Å². The Bertz CT molecular complexity index is 1010. The van der Waals surface area contributed by atoms with Crippen molar-refractivity contribution < 1.29 is 24.5 Å². The molecule has 0 bridgehead atoms. The van der Waals surface area contributed by atoms with E-state index in [1.54, 1.807) is 6.08 Å². The van der Waals surface area contributed by atoms with Crippen LogP contribution in [-0.4, -0.2) is 47.4 Å². The van der Waals surface area contributed by atoms with Crippen LogP contribution in [0.1, 0.15) is 284 Å². The third-order valence-corrected chi connectivity index (χ3v) is 12.4. The van der Waals surface area contributed by atoms with Crippen LogP contribution in [0.2, 0.25) is 0 Å². The largest absolute Gasteiger partial charge is 0.466 e. The first-order valence-electron chi connectivity index (χ1n) is 27.3. The van der Waals surface area contributed by atoms with Gasteiger partial charge in [0.15, 0.2) is 0 Å². The molecule has 62 heavy (non-hydrogen) atoms. The number of hydrogen-bond acceptors (Lipinski definition) is 5. The highest BCUT2D eigenvalue weighted by Crippen LogP contribution is 2.16. The Hall–Kier alpha value is -1.92. The maximum absolute atomic E-state index is 12.4. The quantitative estimate of drug-likeness (QED) is 0.0321. The van der Waals surface area contributed by atoms with Crippen molar-refractivity contribution in [3.8, 4) is 0 Å². The highest BCUT2D eigenvalue weighted by atomic mass is 16.5. The van der Waals surface area contributed by atoms with Crippen LogP contribution < -0.4 is 5.32 Å². The first-order valence-corrected chi connectivity index (χ1v) is 27.3. The summed E-state index contributed by atoms with van der Waals surface area (Å²) in [5, 5.41) is 23.0. The van der Waals surface area contributed by atoms with Crippen molar-refractivity contribution in [2.45, 2.75) is 296 Å². The van der Waals surface area contributed by atoms with Gasteiger partial charge < -0.3 is 20.3 Å². The van der Waals surface area contributed by atoms with Crippen molar-refractivity contribution in [1.29, 1.82) is 0 Å². The van der Waals surface area contributed by atoms with E-state index in [-0.39, 0.29) is 18.5 Å². The Kier molecular flexibility index (Phi) is 50.1. The summed E-state index contributed by atoms with van der Waals surface area (Å²) in [4.78, 5) is 24.5. The fraction of sp³-hybridized carbons (Fsp3) is 0.857. The van der Waals surface area contributed by atoms with Gasteiger partial charge in [-0.05, 0) is 64.2 Å². The molecule has 0 spiro atoms. The molecule has 2 unspecified atom stereocenters. The lowest BCUT2D eigenvalue weighted by atomic mass is 10.0. The van der Waals surface area contributed by atoms with Crippen LogP contribution in [0.5, 0.6) is 0 Å². The normalized spacial score (nSPS) is 12.9. The molecule has 0 aromatic heterocycles. The second-order valence-electron chi connectivity index (χ2n) is 18.6. The van der Waals surface area contributed by atoms with E-state index in [0.717, 1.165) is 64.2 Å². The molecule has 0 aliphatic carbocycles. The van der Waals surface area contributed by atoms with Crippen molar-refractivity contribution in [3.05, 3.63) is 36.5 Å². The van der Waals surface area contributed by atoms with Gasteiger partial charge in [0, 0.05) is 12.8 Å². The average Bonchev–Trinajstić information content (AvgIpc) is 3.27. The Labute approximate surface area is 385 Å². The van der Waals surface area contributed by atoms with Crippen LogP contribution in [0.15, 0.2) is 36.5 Å². The number of aliphatic hydroxyl groups excluding tert-OH is 2. The number of carbonyl (C=O) groups is 2. The Morgan fingerprint density at radius 3 is 1.24 bits per heavy atom. The molecule has 0 saturated heterocycles. The molecule has 0 saturated carbocycles. The summed E-state index contributed by atoms with van der Waals surface area (Å²) in [5.74, 6) is -0.0906. The summed E-state index contributed by atoms with van der Waals surface area (Å²) >= 11 is 0. The minimum atomic E-state index is -0.851. The topological polar surface area (TPSA) is 95.9 Å². The molecular weight excluding hydrogens is 767 g/mol. The Morgan fingerprint density at radius 2 is 0.806 bits per heavy atom. The summed E-state index contributed by atoms with van der Waals surface area (Å²) in [6, 6.07) is -0.636. The number of esters is 1. The third-order valence-electron chi connectivity index (χ3n) is 12.4. The van der Waals surface area contributed by atoms with Crippen LogP contribution in [0, 0.1) is 0 Å². The monoisotopic (exact) mass is 872 g/mol. The zero-order valence-electron chi connectivity index (χ0n) is 41.4. The lowest BCUT2D eigenvalue weighted by molar-refractivity contribution is -0.143. The van der Waals surface area contributed by atoms with E-state index >= 15 is 0 Å². The summed E-state index contributed by atoms with van der Waals surface area (Å²) < 4.78 is 5.47. The van der Waals surface area contributed by atoms with Crippen molar-refractivity contribution in [2.75, 3.05) is 13.2 Å². The number of allylic oxidation sites excluding steroid dienone is 5. The van der Waals surface area contributed by atoms with Crippen molar-refractivity contribution in [1.82, 2.24) is 5.32 Å². The minimum absolute atomic E-state index is 0.0112. The van der Waals surface area contributed by atoms with Crippen LogP contribution in [-0.2, 0) is 14.3 Å². The fourth-order valence-corrected chi connectivity index (χ4v) is 8.19. The van der Waals surface area contributed by atoms with Crippen molar-refractivity contribution >= 4 is 11.9 Å². The smallest absolute Gasteiger partial charge is 0.305 e. The van der Waals surface area contributed by atoms with Crippen LogP contribution in [0.4, 0.5) is 0 Å². The van der Waals surface area contributed by atoms with E-state index in [0.29, 0.717) is 19.4 Å². The molecule has 6 nitrogen and oxygen atoms in total. The predicted molar refractivity (Wildman–Crippen MR) is 269 cm³/mol. The fourth-order valence-electron chi connectivity index (χ4n) is 8.19. The van der Waals surface area contributed by atoms with Crippen LogP contribution in [0.25, 0.3) is 0 Å². The molecule has 0 aliphatic heterocycles. The van der Waals surface area contributed by atoms with Gasteiger partial charge in [-0.1, -0.05) is 243 Å². The van der Waals surface area contributed by atoms with Gasteiger partial charge in [0.25, 0.3) is 0 Å². The minimum Gasteiger partial charge on any atom is -0.466 e. The molecule has 0 aliphatic rings. The molecule has 1 amide bonds. The third kappa shape index (κ3) is 47.6. The molecule has 3 N–H and O–H groups in total. The zero-order chi connectivity index (χ0) is 45.1. The van der Waals surface area contributed by atoms with Gasteiger partial charge in [-0.3, -0.25) is 9.59 Å². The number of amides is 1. The van der Waals surface area contributed by atoms with E-state index in [1.165, 1.54) is 193 Å². The van der Waals surface area contributed by atoms with Gasteiger partial charge in [-0.15, -0.1) is 0 Å². The number of unbranched alkanes of at least 4 members (excludes halogenated alkanes) is 35. The zero-order valence-corrected chi connectivity index (χ0v) is 41.4. The second kappa shape index (κ2) is 51.7. The summed E-state index contributed by atoms with van der Waals surface area (Å²) in [5.41, 5.74) is 0. The average molecular weight is 872 g/mol. The van der Waals surface area contributed by atoms with E-state index in [2.05, 4.69) is 43.5 Å². The first kappa shape index (κ1) is 60.1. The van der Waals surface area contributed by atoms with Gasteiger partial charge >= 0.3 is 5.97 Å². The van der Waals surface area contributed by atoms with Gasteiger partial charge in [-0.2, -0.15) is 0 Å². The lowest BCUT2D eigenvalue weighted by Gasteiger charge is -2.20. The highest BCUT2D eigenvalue weighted by molar-refractivity contribution is 5.76. The van der Waals surface area contributed by atoms with Gasteiger partial charge in [-0.25, -0.2) is 0 Å². The van der Waals surface area contributed by atoms with Crippen LogP contribution >= 0.6 is 0 Å². The first-order chi connectivity index (χ1) is 30.5. The van der Waals surface area contributed by atoms with Gasteiger partial charge in [0.2, 0.25) is 5.91 Å². The summed E-state index contributed by atoms with van der Waals surface area (Å²) in [6.07, 6.45) is 62.9. The SMILES string of the molecule is CCCCCC/C=C\C/C=C\CCCCCCCCCC(=O)OCCCCCCCCCCCCCCCCC(=O)NC(CO)C(O)/C=C/CCCCCCCCCCCCC. The number of nitrogens with one attached hydrogen (secondary N) is 1. The molecule has 0 rings (SSSR count). The van der Waals surface area contributed by atoms with E-state index in [4.69, 9.17) is 4.74 Å². The maximum atomic E-state index is 12.4. The number of rotatable bonds is 50. The molecule has 0 fully saturated rings. The Balaban J connectivity index is 3.46. The van der Waals surface area contributed by atoms with Gasteiger partial charge in [0.1, 0.15) is 0 Å². The standard InChI is InChI=1S/C56H105NO5/c1-3-5-7-9-11-13-15-17-18-19-20-21-26-30-34-38-42-46-50-56(61)62-51-47-43-39-35-31-27-23-22-25-29-33-37-41-45-49-55(60)57-53(52-58)54(59)48-44-40-36-32-28-24-16-14-12-10-8-6-4-2/h13,15,18-19,44,48,53-54,58-59H,3-12,14,16-17,20-43,45-47,49-52H2,1-2H3,(H,57,60)/b15-13-,19-18-,48-44+. The lowest BCUT2D eigenvalue weighted by Crippen LogP contribution is -2.45. The Morgan fingerprint density at radius 1 is 0.452 bits per heavy atom. The maximum Gasteiger partial charge on any atom is 0.305 e. The second-order valence-corrected chi connectivity index (χ2v) is 18.6. The van der Waals surface area contributed by atoms with Crippen molar-refractivity contribution in [2.24, 2.45) is 0 Å². The molecule has 0 aromatic carbocycles. The summed E-state index contributed by atoms with van der Waals surface area (Å²) in [6.45, 7) is 4.86. The number of carbonyl (C=O) groups excluding carboxylic acids is 2. The van der Waals surface area contributed by atoms with Crippen molar-refractivity contribution in [3.63, 3.8) is 0 Å². The number of aliphatic hydroxyl groups is 2. The molecule has 0 heterocycles. The molecule has 6 heteroatoms. The van der Waals surface area contributed by atoms with E-state index in [1.807, 2.05) is 6.08 Å². The summed E-state index contributed by atoms with van der Waals surface area (Å²) in [7, 11) is 0.